The molecule has 84 valence electrons. The Labute approximate surface area is 96.3 Å². The van der Waals surface area contributed by atoms with Crippen molar-refractivity contribution in [1.82, 2.24) is 10.2 Å². The third-order valence-electron chi connectivity index (χ3n) is 3.13. The number of nitrogens with zero attached hydrogens (tertiary/aromatic N) is 1. The fourth-order valence-electron chi connectivity index (χ4n) is 2.24. The van der Waals surface area contributed by atoms with E-state index in [2.05, 4.69) is 40.9 Å². The van der Waals surface area contributed by atoms with Crippen molar-refractivity contribution in [2.45, 2.75) is 32.4 Å². The molecule has 0 spiro atoms. The van der Waals surface area contributed by atoms with Crippen LogP contribution in [0.4, 0.5) is 0 Å². The van der Waals surface area contributed by atoms with Gasteiger partial charge in [0.05, 0.1) is 0 Å². The largest absolute Gasteiger partial charge is 0.312 e. The van der Waals surface area contributed by atoms with Crippen molar-refractivity contribution in [2.75, 3.05) is 19.6 Å². The molecule has 1 aromatic heterocycles. The molecule has 1 aromatic rings. The Morgan fingerprint density at radius 2 is 2.53 bits per heavy atom. The van der Waals surface area contributed by atoms with Crippen LogP contribution in [0.5, 0.6) is 0 Å². The molecule has 0 bridgehead atoms. The minimum atomic E-state index is 0.642. The van der Waals surface area contributed by atoms with Crippen molar-refractivity contribution in [1.29, 1.82) is 0 Å². The van der Waals surface area contributed by atoms with Crippen molar-refractivity contribution in [3.8, 4) is 0 Å². The van der Waals surface area contributed by atoms with Crippen molar-refractivity contribution in [2.24, 2.45) is 0 Å². The lowest BCUT2D eigenvalue weighted by atomic mass is 10.1. The van der Waals surface area contributed by atoms with Crippen molar-refractivity contribution in [3.63, 3.8) is 0 Å². The molecule has 2 unspecified atom stereocenters. The predicted octanol–water partition coefficient (Wildman–Crippen LogP) is 1.97. The summed E-state index contributed by atoms with van der Waals surface area (Å²) in [5.41, 5.74) is 1.48. The van der Waals surface area contributed by atoms with Gasteiger partial charge in [0.2, 0.25) is 0 Å². The highest BCUT2D eigenvalue weighted by atomic mass is 32.1. The van der Waals surface area contributed by atoms with E-state index in [0.29, 0.717) is 12.1 Å². The fraction of sp³-hybridized carbons (Fsp3) is 0.667. The summed E-state index contributed by atoms with van der Waals surface area (Å²) < 4.78 is 0. The standard InChI is InChI=1S/C12H20N2S/c1-10-8-14(5-4-13-10)11(2)7-12-3-6-15-9-12/h3,6,9-11,13H,4-5,7-8H2,1-2H3. The number of hydrogen-bond donors (Lipinski definition) is 1. The quantitative estimate of drug-likeness (QED) is 0.844. The van der Waals surface area contributed by atoms with Gasteiger partial charge in [-0.3, -0.25) is 4.90 Å². The van der Waals surface area contributed by atoms with Crippen LogP contribution in [0.1, 0.15) is 19.4 Å². The second kappa shape index (κ2) is 5.10. The lowest BCUT2D eigenvalue weighted by molar-refractivity contribution is 0.157. The zero-order valence-corrected chi connectivity index (χ0v) is 10.4. The smallest absolute Gasteiger partial charge is 0.0167 e. The van der Waals surface area contributed by atoms with Crippen LogP contribution >= 0.6 is 11.3 Å². The maximum absolute atomic E-state index is 3.49. The Balaban J connectivity index is 1.87. The average molecular weight is 224 g/mol. The van der Waals surface area contributed by atoms with Gasteiger partial charge in [0.1, 0.15) is 0 Å². The van der Waals surface area contributed by atoms with Gasteiger partial charge in [0.25, 0.3) is 0 Å². The summed E-state index contributed by atoms with van der Waals surface area (Å²) in [5.74, 6) is 0. The molecule has 0 aliphatic carbocycles. The van der Waals surface area contributed by atoms with E-state index in [1.54, 1.807) is 11.3 Å². The van der Waals surface area contributed by atoms with Crippen LogP contribution in [-0.2, 0) is 6.42 Å². The summed E-state index contributed by atoms with van der Waals surface area (Å²) in [6.45, 7) is 8.12. The molecule has 2 heterocycles. The molecule has 0 radical (unpaired) electrons. The third kappa shape index (κ3) is 3.03. The van der Waals surface area contributed by atoms with Crippen LogP contribution in [-0.4, -0.2) is 36.6 Å². The summed E-state index contributed by atoms with van der Waals surface area (Å²) in [6, 6.07) is 3.56. The maximum atomic E-state index is 3.49. The summed E-state index contributed by atoms with van der Waals surface area (Å²) in [5, 5.41) is 7.92. The van der Waals surface area contributed by atoms with E-state index in [9.17, 15) is 0 Å². The first kappa shape index (κ1) is 11.1. The average Bonchev–Trinajstić information content (AvgIpc) is 2.70. The second-order valence-electron chi connectivity index (χ2n) is 4.53. The highest BCUT2D eigenvalue weighted by molar-refractivity contribution is 7.07. The predicted molar refractivity (Wildman–Crippen MR) is 66.5 cm³/mol. The number of nitrogens with one attached hydrogen (secondary N) is 1. The first-order valence-electron chi connectivity index (χ1n) is 5.74. The lowest BCUT2D eigenvalue weighted by Crippen LogP contribution is -2.52. The Bertz CT molecular complexity index is 284. The first-order chi connectivity index (χ1) is 7.25. The Morgan fingerprint density at radius 1 is 1.67 bits per heavy atom. The molecule has 15 heavy (non-hydrogen) atoms. The molecule has 0 aromatic carbocycles. The van der Waals surface area contributed by atoms with Gasteiger partial charge in [-0.25, -0.2) is 0 Å². The number of hydrogen-bond acceptors (Lipinski definition) is 3. The minimum Gasteiger partial charge on any atom is -0.312 e. The summed E-state index contributed by atoms with van der Waals surface area (Å²) in [7, 11) is 0. The third-order valence-corrected chi connectivity index (χ3v) is 3.87. The van der Waals surface area contributed by atoms with E-state index in [1.807, 2.05) is 0 Å². The number of piperazine rings is 1. The van der Waals surface area contributed by atoms with Crippen molar-refractivity contribution >= 4 is 11.3 Å². The van der Waals surface area contributed by atoms with Crippen molar-refractivity contribution in [3.05, 3.63) is 22.4 Å². The van der Waals surface area contributed by atoms with Gasteiger partial charge < -0.3 is 5.32 Å². The van der Waals surface area contributed by atoms with E-state index in [-0.39, 0.29) is 0 Å². The SMILES string of the molecule is CC1CN(C(C)Cc2ccsc2)CCN1. The molecular weight excluding hydrogens is 204 g/mol. The number of rotatable bonds is 3. The van der Waals surface area contributed by atoms with Crippen molar-refractivity contribution < 1.29 is 0 Å². The second-order valence-corrected chi connectivity index (χ2v) is 5.31. The Hall–Kier alpha value is -0.380. The topological polar surface area (TPSA) is 15.3 Å². The molecule has 1 N–H and O–H groups in total. The van der Waals surface area contributed by atoms with Crippen LogP contribution in [0.3, 0.4) is 0 Å². The molecule has 0 saturated carbocycles. The maximum Gasteiger partial charge on any atom is 0.0167 e. The van der Waals surface area contributed by atoms with Gasteiger partial charge in [-0.15, -0.1) is 0 Å². The zero-order chi connectivity index (χ0) is 10.7. The summed E-state index contributed by atoms with van der Waals surface area (Å²) >= 11 is 1.80. The molecule has 2 nitrogen and oxygen atoms in total. The van der Waals surface area contributed by atoms with E-state index >= 15 is 0 Å². The molecule has 2 atom stereocenters. The lowest BCUT2D eigenvalue weighted by Gasteiger charge is -2.36. The molecule has 1 aliphatic rings. The monoisotopic (exact) mass is 224 g/mol. The molecule has 2 rings (SSSR count). The summed E-state index contributed by atoms with van der Waals surface area (Å²) in [6.07, 6.45) is 1.19. The molecule has 0 amide bonds. The van der Waals surface area contributed by atoms with Crippen LogP contribution < -0.4 is 5.32 Å². The van der Waals surface area contributed by atoms with E-state index in [1.165, 1.54) is 25.1 Å². The zero-order valence-electron chi connectivity index (χ0n) is 9.57. The van der Waals surface area contributed by atoms with Gasteiger partial charge >= 0.3 is 0 Å². The van der Waals surface area contributed by atoms with Crippen LogP contribution in [0.2, 0.25) is 0 Å². The Kier molecular flexibility index (Phi) is 3.78. The number of thiophene rings is 1. The Morgan fingerprint density at radius 3 is 3.20 bits per heavy atom. The molecule has 1 saturated heterocycles. The van der Waals surface area contributed by atoms with E-state index in [4.69, 9.17) is 0 Å². The van der Waals surface area contributed by atoms with Gasteiger partial charge in [0.15, 0.2) is 0 Å². The van der Waals surface area contributed by atoms with Crippen LogP contribution in [0.15, 0.2) is 16.8 Å². The molecular formula is C12H20N2S. The van der Waals surface area contributed by atoms with Gasteiger partial charge in [-0.1, -0.05) is 0 Å². The van der Waals surface area contributed by atoms with Crippen LogP contribution in [0.25, 0.3) is 0 Å². The molecule has 1 aliphatic heterocycles. The van der Waals surface area contributed by atoms with Gasteiger partial charge in [-0.2, -0.15) is 11.3 Å². The molecule has 1 fully saturated rings. The summed E-state index contributed by atoms with van der Waals surface area (Å²) in [4.78, 5) is 2.60. The van der Waals surface area contributed by atoms with Gasteiger partial charge in [0, 0.05) is 31.7 Å². The highest BCUT2D eigenvalue weighted by Gasteiger charge is 2.20. The minimum absolute atomic E-state index is 0.642. The highest BCUT2D eigenvalue weighted by Crippen LogP contribution is 2.13. The normalized spacial score (nSPS) is 25.3. The first-order valence-corrected chi connectivity index (χ1v) is 6.68. The fourth-order valence-corrected chi connectivity index (χ4v) is 2.92. The van der Waals surface area contributed by atoms with E-state index in [0.717, 1.165) is 6.54 Å². The van der Waals surface area contributed by atoms with Gasteiger partial charge in [-0.05, 0) is 42.7 Å². The van der Waals surface area contributed by atoms with Crippen LogP contribution in [0, 0.1) is 0 Å². The molecule has 3 heteroatoms. The van der Waals surface area contributed by atoms with E-state index < -0.39 is 0 Å².